The van der Waals surface area contributed by atoms with Gasteiger partial charge in [-0.2, -0.15) is 0 Å². The molecule has 1 aromatic heterocycles. The number of ether oxygens (including phenoxy) is 1. The third-order valence-corrected chi connectivity index (χ3v) is 3.43. The number of carbonyl (C=O) groups excluding carboxylic acids is 1. The Hall–Kier alpha value is -1.98. The van der Waals surface area contributed by atoms with Gasteiger partial charge in [0.05, 0.1) is 24.6 Å². The maximum atomic E-state index is 12.1. The highest BCUT2D eigenvalue weighted by atomic mass is 35.5. The third-order valence-electron chi connectivity index (χ3n) is 2.87. The fourth-order valence-electron chi connectivity index (χ4n) is 1.80. The van der Waals surface area contributed by atoms with Gasteiger partial charge < -0.3 is 15.8 Å². The van der Waals surface area contributed by atoms with Crippen LogP contribution in [-0.2, 0) is 6.54 Å². The maximum Gasteiger partial charge on any atom is 0.253 e. The van der Waals surface area contributed by atoms with E-state index in [2.05, 4.69) is 10.3 Å². The fourth-order valence-corrected chi connectivity index (χ4v) is 2.19. The number of nitrogens with one attached hydrogen (secondary N) is 1. The monoisotopic (exact) mass is 325 g/mol. The molecule has 1 amide bonds. The molecule has 1 heterocycles. The van der Waals surface area contributed by atoms with Crippen molar-refractivity contribution in [3.63, 3.8) is 0 Å². The van der Waals surface area contributed by atoms with E-state index in [9.17, 15) is 4.79 Å². The second-order valence-corrected chi connectivity index (χ2v) is 4.99. The largest absolute Gasteiger partial charge is 0.496 e. The van der Waals surface area contributed by atoms with E-state index in [1.54, 1.807) is 18.2 Å². The molecule has 110 valence electrons. The van der Waals surface area contributed by atoms with Crippen LogP contribution in [0, 0.1) is 0 Å². The highest BCUT2D eigenvalue weighted by Crippen LogP contribution is 2.26. The number of nitrogens with zero attached hydrogens (tertiary/aromatic N) is 1. The first-order chi connectivity index (χ1) is 10.0. The van der Waals surface area contributed by atoms with Crippen LogP contribution in [0.15, 0.2) is 30.5 Å². The average molecular weight is 326 g/mol. The topological polar surface area (TPSA) is 77.2 Å². The third kappa shape index (κ3) is 3.56. The summed E-state index contributed by atoms with van der Waals surface area (Å²) in [5.74, 6) is 0.238. The summed E-state index contributed by atoms with van der Waals surface area (Å²) in [7, 11) is 1.54. The van der Waals surface area contributed by atoms with Gasteiger partial charge in [0.1, 0.15) is 10.9 Å². The molecule has 21 heavy (non-hydrogen) atoms. The Morgan fingerprint density at radius 3 is 2.90 bits per heavy atom. The maximum absolute atomic E-state index is 12.1. The summed E-state index contributed by atoms with van der Waals surface area (Å²) >= 11 is 11.9. The van der Waals surface area contributed by atoms with Gasteiger partial charge in [-0.05, 0) is 18.2 Å². The van der Waals surface area contributed by atoms with Gasteiger partial charge in [0.2, 0.25) is 0 Å². The smallest absolute Gasteiger partial charge is 0.253 e. The number of rotatable bonds is 4. The number of anilines is 1. The molecule has 2 aromatic rings. The Kier molecular flexibility index (Phi) is 4.88. The van der Waals surface area contributed by atoms with E-state index in [0.29, 0.717) is 16.3 Å². The van der Waals surface area contributed by atoms with Gasteiger partial charge in [0, 0.05) is 17.1 Å². The minimum absolute atomic E-state index is 0.199. The Labute approximate surface area is 132 Å². The molecular formula is C14H13Cl2N3O2. The predicted molar refractivity (Wildman–Crippen MR) is 82.8 cm³/mol. The Balaban J connectivity index is 2.17. The van der Waals surface area contributed by atoms with E-state index in [0.717, 1.165) is 0 Å². The molecule has 0 fully saturated rings. The summed E-state index contributed by atoms with van der Waals surface area (Å²) in [6.07, 6.45) is 1.34. The summed E-state index contributed by atoms with van der Waals surface area (Å²) in [5, 5.41) is 3.44. The number of nitrogen functional groups attached to an aromatic ring is 1. The van der Waals surface area contributed by atoms with Crippen LogP contribution >= 0.6 is 23.2 Å². The molecule has 3 N–H and O–H groups in total. The van der Waals surface area contributed by atoms with Crippen LogP contribution in [0.3, 0.4) is 0 Å². The zero-order chi connectivity index (χ0) is 15.4. The molecule has 0 unspecified atom stereocenters. The zero-order valence-electron chi connectivity index (χ0n) is 11.2. The van der Waals surface area contributed by atoms with Gasteiger partial charge in [-0.1, -0.05) is 29.3 Å². The lowest BCUT2D eigenvalue weighted by Gasteiger charge is -2.12. The lowest BCUT2D eigenvalue weighted by atomic mass is 10.1. The second-order valence-electron chi connectivity index (χ2n) is 4.20. The molecule has 7 heteroatoms. The Morgan fingerprint density at radius 1 is 1.43 bits per heavy atom. The average Bonchev–Trinajstić information content (AvgIpc) is 2.47. The van der Waals surface area contributed by atoms with Crippen LogP contribution in [0.1, 0.15) is 15.9 Å². The van der Waals surface area contributed by atoms with Crippen molar-refractivity contribution >= 4 is 34.8 Å². The standard InChI is InChI=1S/C14H13Cl2N3O2/c1-21-12-4-2-3-10(15)9(12)6-19-14(20)8-5-13(16)18-7-11(8)17/h2-5,7H,6,17H2,1H3,(H,19,20). The number of benzene rings is 1. The number of hydrogen-bond acceptors (Lipinski definition) is 4. The number of carbonyl (C=O) groups is 1. The molecule has 0 bridgehead atoms. The highest BCUT2D eigenvalue weighted by Gasteiger charge is 2.13. The van der Waals surface area contributed by atoms with Gasteiger partial charge in [0.15, 0.2) is 0 Å². The van der Waals surface area contributed by atoms with Crippen LogP contribution in [-0.4, -0.2) is 18.0 Å². The van der Waals surface area contributed by atoms with Crippen molar-refractivity contribution in [3.8, 4) is 5.75 Å². The first-order valence-electron chi connectivity index (χ1n) is 6.03. The molecular weight excluding hydrogens is 313 g/mol. The summed E-state index contributed by atoms with van der Waals surface area (Å²) in [4.78, 5) is 15.9. The van der Waals surface area contributed by atoms with E-state index >= 15 is 0 Å². The first kappa shape index (κ1) is 15.4. The van der Waals surface area contributed by atoms with Gasteiger partial charge in [-0.3, -0.25) is 4.79 Å². The molecule has 0 saturated heterocycles. The van der Waals surface area contributed by atoms with Crippen molar-refractivity contribution in [1.29, 1.82) is 0 Å². The lowest BCUT2D eigenvalue weighted by Crippen LogP contribution is -2.24. The van der Waals surface area contributed by atoms with Crippen LogP contribution in [0.5, 0.6) is 5.75 Å². The summed E-state index contributed by atoms with van der Waals surface area (Å²) in [6.45, 7) is 0.209. The zero-order valence-corrected chi connectivity index (χ0v) is 12.7. The van der Waals surface area contributed by atoms with Crippen molar-refractivity contribution in [3.05, 3.63) is 51.8 Å². The van der Waals surface area contributed by atoms with E-state index in [-0.39, 0.29) is 28.9 Å². The number of amides is 1. The molecule has 0 radical (unpaired) electrons. The molecule has 1 aromatic carbocycles. The number of methoxy groups -OCH3 is 1. The van der Waals surface area contributed by atoms with Crippen LogP contribution in [0.25, 0.3) is 0 Å². The van der Waals surface area contributed by atoms with Crippen molar-refractivity contribution in [2.45, 2.75) is 6.54 Å². The predicted octanol–water partition coefficient (Wildman–Crippen LogP) is 2.91. The Bertz CT molecular complexity index is 677. The molecule has 0 saturated carbocycles. The van der Waals surface area contributed by atoms with Crippen molar-refractivity contribution in [2.75, 3.05) is 12.8 Å². The highest BCUT2D eigenvalue weighted by molar-refractivity contribution is 6.31. The van der Waals surface area contributed by atoms with Gasteiger partial charge in [-0.15, -0.1) is 0 Å². The quantitative estimate of drug-likeness (QED) is 0.847. The van der Waals surface area contributed by atoms with Crippen molar-refractivity contribution < 1.29 is 9.53 Å². The number of nitrogens with two attached hydrogens (primary N) is 1. The van der Waals surface area contributed by atoms with Gasteiger partial charge in [-0.25, -0.2) is 4.98 Å². The van der Waals surface area contributed by atoms with E-state index in [1.807, 2.05) is 0 Å². The number of hydrogen-bond donors (Lipinski definition) is 2. The van der Waals surface area contributed by atoms with Crippen LogP contribution in [0.4, 0.5) is 5.69 Å². The SMILES string of the molecule is COc1cccc(Cl)c1CNC(=O)c1cc(Cl)ncc1N. The number of pyridine rings is 1. The number of aromatic nitrogens is 1. The van der Waals surface area contributed by atoms with Crippen molar-refractivity contribution in [2.24, 2.45) is 0 Å². The van der Waals surface area contributed by atoms with E-state index in [4.69, 9.17) is 33.7 Å². The fraction of sp³-hybridized carbons (Fsp3) is 0.143. The molecule has 5 nitrogen and oxygen atoms in total. The molecule has 0 atom stereocenters. The summed E-state index contributed by atoms with van der Waals surface area (Å²) < 4.78 is 5.22. The normalized spacial score (nSPS) is 10.2. The van der Waals surface area contributed by atoms with Crippen LogP contribution in [0.2, 0.25) is 10.2 Å². The Morgan fingerprint density at radius 2 is 2.19 bits per heavy atom. The summed E-state index contributed by atoms with van der Waals surface area (Å²) in [6, 6.07) is 6.68. The van der Waals surface area contributed by atoms with E-state index in [1.165, 1.54) is 19.4 Å². The lowest BCUT2D eigenvalue weighted by molar-refractivity contribution is 0.0951. The molecule has 0 aliphatic rings. The molecule has 2 rings (SSSR count). The second kappa shape index (κ2) is 6.65. The molecule has 0 aliphatic heterocycles. The van der Waals surface area contributed by atoms with Gasteiger partial charge >= 0.3 is 0 Å². The van der Waals surface area contributed by atoms with Crippen LogP contribution < -0.4 is 15.8 Å². The molecule has 0 spiro atoms. The summed E-state index contributed by atoms with van der Waals surface area (Å²) in [5.41, 5.74) is 6.92. The van der Waals surface area contributed by atoms with Gasteiger partial charge in [0.25, 0.3) is 5.91 Å². The van der Waals surface area contributed by atoms with Crippen molar-refractivity contribution in [1.82, 2.24) is 10.3 Å². The molecule has 0 aliphatic carbocycles. The minimum Gasteiger partial charge on any atom is -0.496 e. The number of halogens is 2. The minimum atomic E-state index is -0.362. The van der Waals surface area contributed by atoms with E-state index < -0.39 is 0 Å². The first-order valence-corrected chi connectivity index (χ1v) is 6.79.